The lowest BCUT2D eigenvalue weighted by atomic mass is 10.0. The Kier molecular flexibility index (Phi) is 4.70. The third kappa shape index (κ3) is 3.47. The van der Waals surface area contributed by atoms with Gasteiger partial charge in [0.1, 0.15) is 0 Å². The van der Waals surface area contributed by atoms with Gasteiger partial charge in [-0.05, 0) is 43.2 Å². The molecular weight excluding hydrogens is 318 g/mol. The highest BCUT2D eigenvalue weighted by molar-refractivity contribution is 5.96. The van der Waals surface area contributed by atoms with E-state index < -0.39 is 4.92 Å². The Morgan fingerprint density at radius 1 is 1.00 bits per heavy atom. The maximum atomic E-state index is 12.8. The second kappa shape index (κ2) is 6.93. The highest BCUT2D eigenvalue weighted by atomic mass is 16.6. The van der Waals surface area contributed by atoms with E-state index in [4.69, 9.17) is 0 Å². The normalized spacial score (nSPS) is 14.5. The smallest absolute Gasteiger partial charge is 0.269 e. The fourth-order valence-corrected chi connectivity index (χ4v) is 3.11. The molecule has 130 valence electrons. The Morgan fingerprint density at radius 3 is 2.24 bits per heavy atom. The van der Waals surface area contributed by atoms with Crippen molar-refractivity contribution in [1.29, 1.82) is 0 Å². The number of hydrogen-bond acceptors (Lipinski definition) is 4. The van der Waals surface area contributed by atoms with Crippen molar-refractivity contribution in [1.82, 2.24) is 4.90 Å². The first-order chi connectivity index (χ1) is 12.0. The molecule has 0 N–H and O–H groups in total. The van der Waals surface area contributed by atoms with E-state index in [2.05, 4.69) is 4.90 Å². The number of non-ortho nitro benzene ring substituents is 1. The lowest BCUT2D eigenvalue weighted by molar-refractivity contribution is -0.384. The average molecular weight is 339 g/mol. The van der Waals surface area contributed by atoms with E-state index in [9.17, 15) is 14.9 Å². The van der Waals surface area contributed by atoms with Crippen molar-refractivity contribution in [3.63, 3.8) is 0 Å². The highest BCUT2D eigenvalue weighted by Gasteiger charge is 2.23. The van der Waals surface area contributed by atoms with Gasteiger partial charge in [0.15, 0.2) is 0 Å². The summed E-state index contributed by atoms with van der Waals surface area (Å²) in [7, 11) is 0. The molecule has 2 aromatic rings. The van der Waals surface area contributed by atoms with E-state index in [0.717, 1.165) is 22.4 Å². The number of benzene rings is 2. The Morgan fingerprint density at radius 2 is 1.64 bits per heavy atom. The van der Waals surface area contributed by atoms with Gasteiger partial charge in [-0.2, -0.15) is 0 Å². The Labute approximate surface area is 146 Å². The summed E-state index contributed by atoms with van der Waals surface area (Å²) in [6.07, 6.45) is 0. The molecule has 0 atom stereocenters. The summed E-state index contributed by atoms with van der Waals surface area (Å²) in [5.41, 5.74) is 3.96. The first kappa shape index (κ1) is 17.0. The fourth-order valence-electron chi connectivity index (χ4n) is 3.11. The number of piperazine rings is 1. The first-order valence-electron chi connectivity index (χ1n) is 8.32. The molecule has 6 nitrogen and oxygen atoms in total. The Bertz CT molecular complexity index is 794. The molecule has 0 radical (unpaired) electrons. The van der Waals surface area contributed by atoms with Gasteiger partial charge in [0.05, 0.1) is 4.92 Å². The molecule has 2 aromatic carbocycles. The third-order valence-corrected chi connectivity index (χ3v) is 4.83. The predicted molar refractivity (Wildman–Crippen MR) is 97.1 cm³/mol. The summed E-state index contributed by atoms with van der Waals surface area (Å²) < 4.78 is 0. The lowest BCUT2D eigenvalue weighted by Gasteiger charge is -2.36. The van der Waals surface area contributed by atoms with Crippen LogP contribution in [-0.2, 0) is 0 Å². The molecule has 0 aromatic heterocycles. The quantitative estimate of drug-likeness (QED) is 0.636. The van der Waals surface area contributed by atoms with E-state index in [-0.39, 0.29) is 11.6 Å². The van der Waals surface area contributed by atoms with Gasteiger partial charge in [-0.25, -0.2) is 0 Å². The number of carbonyl (C=O) groups excluding carboxylic acids is 1. The Hall–Kier alpha value is -2.89. The van der Waals surface area contributed by atoms with E-state index in [1.807, 2.05) is 36.9 Å². The lowest BCUT2D eigenvalue weighted by Crippen LogP contribution is -2.49. The molecule has 1 aliphatic heterocycles. The average Bonchev–Trinajstić information content (AvgIpc) is 2.64. The summed E-state index contributed by atoms with van der Waals surface area (Å²) >= 11 is 0. The molecule has 0 aliphatic carbocycles. The van der Waals surface area contributed by atoms with Crippen molar-refractivity contribution in [2.75, 3.05) is 31.1 Å². The molecule has 0 unspecified atom stereocenters. The van der Waals surface area contributed by atoms with Crippen molar-refractivity contribution < 1.29 is 9.72 Å². The number of hydrogen-bond donors (Lipinski definition) is 0. The van der Waals surface area contributed by atoms with Crippen LogP contribution < -0.4 is 4.90 Å². The van der Waals surface area contributed by atoms with Gasteiger partial charge in [0.25, 0.3) is 11.6 Å². The van der Waals surface area contributed by atoms with Crippen LogP contribution in [0.1, 0.15) is 21.5 Å². The van der Waals surface area contributed by atoms with Crippen LogP contribution in [0.5, 0.6) is 0 Å². The van der Waals surface area contributed by atoms with Crippen LogP contribution in [0.3, 0.4) is 0 Å². The van der Waals surface area contributed by atoms with Gasteiger partial charge in [-0.3, -0.25) is 14.9 Å². The molecule has 6 heteroatoms. The molecular formula is C19H21N3O3. The van der Waals surface area contributed by atoms with Crippen LogP contribution in [0, 0.1) is 24.0 Å². The van der Waals surface area contributed by atoms with Crippen LogP contribution in [0.4, 0.5) is 11.4 Å². The largest absolute Gasteiger partial charge is 0.368 e. The monoisotopic (exact) mass is 339 g/mol. The molecule has 0 spiro atoms. The summed E-state index contributed by atoms with van der Waals surface area (Å²) in [6.45, 7) is 6.71. The van der Waals surface area contributed by atoms with E-state index in [1.54, 1.807) is 12.1 Å². The molecule has 1 aliphatic rings. The molecule has 1 amide bonds. The minimum absolute atomic E-state index is 0.0737. The van der Waals surface area contributed by atoms with Crippen LogP contribution >= 0.6 is 0 Å². The van der Waals surface area contributed by atoms with Gasteiger partial charge in [-0.15, -0.1) is 0 Å². The fraction of sp³-hybridized carbons (Fsp3) is 0.316. The molecule has 1 heterocycles. The maximum absolute atomic E-state index is 12.8. The number of nitro groups is 1. The minimum Gasteiger partial charge on any atom is -0.368 e. The van der Waals surface area contributed by atoms with Gasteiger partial charge in [0.2, 0.25) is 0 Å². The van der Waals surface area contributed by atoms with Crippen LogP contribution in [-0.4, -0.2) is 41.9 Å². The zero-order chi connectivity index (χ0) is 18.0. The van der Waals surface area contributed by atoms with Crippen molar-refractivity contribution in [3.8, 4) is 0 Å². The molecule has 0 saturated carbocycles. The number of nitrogens with zero attached hydrogens (tertiary/aromatic N) is 3. The molecule has 25 heavy (non-hydrogen) atoms. The zero-order valence-electron chi connectivity index (χ0n) is 14.4. The summed E-state index contributed by atoms with van der Waals surface area (Å²) in [6, 6.07) is 12.4. The van der Waals surface area contributed by atoms with Gasteiger partial charge >= 0.3 is 0 Å². The van der Waals surface area contributed by atoms with Crippen molar-refractivity contribution in [3.05, 3.63) is 69.3 Å². The molecule has 0 bridgehead atoms. The standard InChI is InChI=1S/C19H21N3O3/c1-14-4-3-5-18(15(14)2)19(23)21-12-10-20(11-13-21)16-6-8-17(9-7-16)22(24)25/h3-9H,10-13H2,1-2H3. The maximum Gasteiger partial charge on any atom is 0.269 e. The van der Waals surface area contributed by atoms with Crippen molar-refractivity contribution in [2.24, 2.45) is 0 Å². The van der Waals surface area contributed by atoms with Gasteiger partial charge in [0, 0.05) is 49.6 Å². The molecule has 3 rings (SSSR count). The predicted octanol–water partition coefficient (Wildman–Crippen LogP) is 3.17. The van der Waals surface area contributed by atoms with Crippen LogP contribution in [0.2, 0.25) is 0 Å². The Balaban J connectivity index is 1.66. The van der Waals surface area contributed by atoms with Gasteiger partial charge < -0.3 is 9.80 Å². The highest BCUT2D eigenvalue weighted by Crippen LogP contribution is 2.22. The summed E-state index contributed by atoms with van der Waals surface area (Å²) in [4.78, 5) is 27.1. The number of rotatable bonds is 3. The topological polar surface area (TPSA) is 66.7 Å². The number of anilines is 1. The SMILES string of the molecule is Cc1cccc(C(=O)N2CCN(c3ccc([N+](=O)[O-])cc3)CC2)c1C. The second-order valence-corrected chi connectivity index (χ2v) is 6.30. The van der Waals surface area contributed by atoms with Crippen molar-refractivity contribution >= 4 is 17.3 Å². The number of amides is 1. The number of nitro benzene ring substituents is 1. The van der Waals surface area contributed by atoms with Gasteiger partial charge in [-0.1, -0.05) is 12.1 Å². The number of aryl methyl sites for hydroxylation is 1. The summed E-state index contributed by atoms with van der Waals surface area (Å²) in [5.74, 6) is 0.0737. The molecule has 1 saturated heterocycles. The van der Waals surface area contributed by atoms with E-state index in [1.165, 1.54) is 12.1 Å². The third-order valence-electron chi connectivity index (χ3n) is 4.83. The summed E-state index contributed by atoms with van der Waals surface area (Å²) in [5, 5.41) is 10.7. The number of carbonyl (C=O) groups is 1. The zero-order valence-corrected chi connectivity index (χ0v) is 14.4. The van der Waals surface area contributed by atoms with Crippen LogP contribution in [0.15, 0.2) is 42.5 Å². The first-order valence-corrected chi connectivity index (χ1v) is 8.32. The van der Waals surface area contributed by atoms with E-state index in [0.29, 0.717) is 26.2 Å². The van der Waals surface area contributed by atoms with Crippen LogP contribution in [0.25, 0.3) is 0 Å². The minimum atomic E-state index is -0.398. The second-order valence-electron chi connectivity index (χ2n) is 6.30. The van der Waals surface area contributed by atoms with E-state index >= 15 is 0 Å². The van der Waals surface area contributed by atoms with Crippen molar-refractivity contribution in [2.45, 2.75) is 13.8 Å². The molecule has 1 fully saturated rings.